The van der Waals surface area contributed by atoms with Crippen LogP contribution in [0.1, 0.15) is 0 Å². The zero-order valence-corrected chi connectivity index (χ0v) is 7.99. The van der Waals surface area contributed by atoms with Gasteiger partial charge in [0.15, 0.2) is 0 Å². The van der Waals surface area contributed by atoms with Gasteiger partial charge in [0.25, 0.3) is 0 Å². The number of quaternary nitrogens is 1. The van der Waals surface area contributed by atoms with Gasteiger partial charge in [-0.3, -0.25) is 0 Å². The molecule has 0 aliphatic heterocycles. The fourth-order valence-corrected chi connectivity index (χ4v) is 0.347. The van der Waals surface area contributed by atoms with Crippen molar-refractivity contribution in [2.45, 2.75) is 6.36 Å². The average Bonchev–Trinajstić information content (AvgIpc) is 1.47. The predicted molar refractivity (Wildman–Crippen MR) is 35.6 cm³/mol. The molecule has 0 aromatic carbocycles. The molecule has 5 nitrogen and oxygen atoms in total. The zero-order chi connectivity index (χ0) is 11.3. The fourth-order valence-electron chi connectivity index (χ4n) is 0.116. The van der Waals surface area contributed by atoms with Crippen LogP contribution < -0.4 is 4.90 Å². The Bertz CT molecular complexity index is 219. The van der Waals surface area contributed by atoms with Crippen molar-refractivity contribution in [1.82, 2.24) is 0 Å². The van der Waals surface area contributed by atoms with Crippen LogP contribution in [0.2, 0.25) is 0 Å². The standard InChI is InChI=1S/C3H9N.CHF3O4S/c1-4(2)3;2-1(3,4)8-9(5,6)7/h1-3H3;(H,5,6,7). The number of alkyl halides is 3. The highest BCUT2D eigenvalue weighted by atomic mass is 32.3. The van der Waals surface area contributed by atoms with Gasteiger partial charge in [-0.25, -0.2) is 8.42 Å². The number of nitrogens with one attached hydrogen (secondary N) is 1. The molecule has 0 aliphatic carbocycles. The third kappa shape index (κ3) is 34.0. The van der Waals surface area contributed by atoms with E-state index in [0.29, 0.717) is 0 Å². The molecular weight excluding hydrogens is 215 g/mol. The number of hydrogen-bond donors (Lipinski definition) is 1. The summed E-state index contributed by atoms with van der Waals surface area (Å²) < 4.78 is 61.7. The van der Waals surface area contributed by atoms with E-state index in [9.17, 15) is 13.2 Å². The molecule has 9 heteroatoms. The summed E-state index contributed by atoms with van der Waals surface area (Å²) in [5, 5.41) is 0. The second-order valence-electron chi connectivity index (χ2n) is 2.44. The van der Waals surface area contributed by atoms with Gasteiger partial charge < -0.3 is 9.45 Å². The zero-order valence-electron chi connectivity index (χ0n) is 7.18. The van der Waals surface area contributed by atoms with E-state index in [1.54, 1.807) is 0 Å². The number of halogens is 3. The molecule has 0 aromatic heterocycles. The smallest absolute Gasteiger partial charge is 0.536 e. The lowest BCUT2D eigenvalue weighted by atomic mass is 11.0. The van der Waals surface area contributed by atoms with Crippen LogP contribution in [0.15, 0.2) is 0 Å². The molecule has 1 N–H and O–H groups in total. The summed E-state index contributed by atoms with van der Waals surface area (Å²) in [5.74, 6) is 0. The van der Waals surface area contributed by atoms with E-state index in [1.807, 2.05) is 4.18 Å². The molecule has 0 saturated carbocycles. The second kappa shape index (κ2) is 5.37. The summed E-state index contributed by atoms with van der Waals surface area (Å²) in [6.45, 7) is 0. The van der Waals surface area contributed by atoms with Gasteiger partial charge in [0.05, 0.1) is 21.1 Å². The van der Waals surface area contributed by atoms with Crippen LogP contribution in [0.25, 0.3) is 0 Å². The lowest BCUT2D eigenvalue weighted by molar-refractivity contribution is -0.836. The van der Waals surface area contributed by atoms with Crippen molar-refractivity contribution in [3.05, 3.63) is 0 Å². The van der Waals surface area contributed by atoms with Crippen LogP contribution in [0.3, 0.4) is 0 Å². The van der Waals surface area contributed by atoms with Crippen molar-refractivity contribution in [1.29, 1.82) is 0 Å². The summed E-state index contributed by atoms with van der Waals surface area (Å²) in [6, 6.07) is 0. The van der Waals surface area contributed by atoms with Crippen molar-refractivity contribution in [2.75, 3.05) is 21.1 Å². The van der Waals surface area contributed by atoms with E-state index in [0.717, 1.165) is 0 Å². The Morgan fingerprint density at radius 2 is 1.46 bits per heavy atom. The molecule has 0 aliphatic rings. The maximum atomic E-state index is 10.8. The minimum Gasteiger partial charge on any atom is -0.725 e. The molecule has 0 bridgehead atoms. The molecule has 82 valence electrons. The number of hydrogen-bond acceptors (Lipinski definition) is 4. The second-order valence-corrected chi connectivity index (χ2v) is 3.42. The minimum atomic E-state index is -5.66. The monoisotopic (exact) mass is 225 g/mol. The highest BCUT2D eigenvalue weighted by molar-refractivity contribution is 7.80. The van der Waals surface area contributed by atoms with Crippen molar-refractivity contribution in [2.24, 2.45) is 0 Å². The van der Waals surface area contributed by atoms with E-state index >= 15 is 0 Å². The Kier molecular flexibility index (Phi) is 6.24. The molecule has 0 heterocycles. The minimum absolute atomic E-state index is 1.42. The molecule has 0 atom stereocenters. The number of rotatable bonds is 1. The summed E-state index contributed by atoms with van der Waals surface area (Å²) in [6.07, 6.45) is -5.42. The first-order valence-electron chi connectivity index (χ1n) is 2.94. The third-order valence-electron chi connectivity index (χ3n) is 0.197. The predicted octanol–water partition coefficient (Wildman–Crippen LogP) is -1.26. The summed E-state index contributed by atoms with van der Waals surface area (Å²) in [5.41, 5.74) is 0. The van der Waals surface area contributed by atoms with Gasteiger partial charge in [-0.2, -0.15) is 4.18 Å². The van der Waals surface area contributed by atoms with E-state index in [-0.39, 0.29) is 0 Å². The van der Waals surface area contributed by atoms with Crippen LogP contribution in [0.4, 0.5) is 13.2 Å². The highest BCUT2D eigenvalue weighted by Crippen LogP contribution is 2.17. The van der Waals surface area contributed by atoms with Gasteiger partial charge in [-0.05, 0) is 0 Å². The Morgan fingerprint density at radius 3 is 1.46 bits per heavy atom. The van der Waals surface area contributed by atoms with Gasteiger partial charge in [0, 0.05) is 0 Å². The normalized spacial score (nSPS) is 12.3. The van der Waals surface area contributed by atoms with Gasteiger partial charge in [0.1, 0.15) is 0 Å². The first-order chi connectivity index (χ1) is 5.44. The van der Waals surface area contributed by atoms with E-state index in [4.69, 9.17) is 13.0 Å². The van der Waals surface area contributed by atoms with Crippen molar-refractivity contribution in [3.63, 3.8) is 0 Å². The Hall–Kier alpha value is -0.380. The first kappa shape index (κ1) is 15.1. The first-order valence-corrected chi connectivity index (χ1v) is 4.27. The summed E-state index contributed by atoms with van der Waals surface area (Å²) in [7, 11) is 0.593. The van der Waals surface area contributed by atoms with Crippen molar-refractivity contribution in [3.8, 4) is 0 Å². The Balaban J connectivity index is 0. The maximum Gasteiger partial charge on any atom is 0.536 e. The van der Waals surface area contributed by atoms with Crippen LogP contribution >= 0.6 is 0 Å². The fraction of sp³-hybridized carbons (Fsp3) is 1.00. The summed E-state index contributed by atoms with van der Waals surface area (Å²) >= 11 is 0. The molecular formula is C4H10F3NO4S. The molecule has 0 amide bonds. The molecule has 0 saturated heterocycles. The molecule has 0 unspecified atom stereocenters. The SMILES string of the molecule is C[NH+](C)C.O=S(=O)([O-])OC(F)(F)F. The van der Waals surface area contributed by atoms with Crippen LogP contribution in [0.5, 0.6) is 0 Å². The van der Waals surface area contributed by atoms with E-state index in [2.05, 4.69) is 21.1 Å². The van der Waals surface area contributed by atoms with Gasteiger partial charge >= 0.3 is 6.36 Å². The quantitative estimate of drug-likeness (QED) is 0.447. The average molecular weight is 225 g/mol. The Morgan fingerprint density at radius 1 is 1.23 bits per heavy atom. The Labute approximate surface area is 74.0 Å². The highest BCUT2D eigenvalue weighted by Gasteiger charge is 2.32. The molecule has 0 spiro atoms. The van der Waals surface area contributed by atoms with Crippen LogP contribution in [-0.4, -0.2) is 40.5 Å². The summed E-state index contributed by atoms with van der Waals surface area (Å²) in [4.78, 5) is 1.42. The molecule has 0 rings (SSSR count). The van der Waals surface area contributed by atoms with Gasteiger partial charge in [0.2, 0.25) is 10.4 Å². The molecule has 0 fully saturated rings. The topological polar surface area (TPSA) is 70.9 Å². The molecule has 0 aromatic rings. The van der Waals surface area contributed by atoms with E-state index in [1.165, 1.54) is 4.90 Å². The lowest BCUT2D eigenvalue weighted by Gasteiger charge is -2.08. The third-order valence-corrected chi connectivity index (χ3v) is 0.590. The van der Waals surface area contributed by atoms with Crippen LogP contribution in [-0.2, 0) is 14.6 Å². The largest absolute Gasteiger partial charge is 0.725 e. The van der Waals surface area contributed by atoms with E-state index < -0.39 is 16.8 Å². The lowest BCUT2D eigenvalue weighted by Crippen LogP contribution is -3.02. The maximum absolute atomic E-state index is 10.8. The van der Waals surface area contributed by atoms with Crippen molar-refractivity contribution < 1.29 is 35.2 Å². The molecule has 0 radical (unpaired) electrons. The van der Waals surface area contributed by atoms with Crippen molar-refractivity contribution >= 4 is 10.4 Å². The van der Waals surface area contributed by atoms with Gasteiger partial charge in [-0.15, -0.1) is 13.2 Å². The molecule has 13 heavy (non-hydrogen) atoms. The van der Waals surface area contributed by atoms with Crippen LogP contribution in [0, 0.1) is 0 Å². The van der Waals surface area contributed by atoms with Gasteiger partial charge in [-0.1, -0.05) is 0 Å².